The molecule has 0 bridgehead atoms. The van der Waals surface area contributed by atoms with Crippen LogP contribution in [0.5, 0.6) is 0 Å². The first-order valence-corrected chi connectivity index (χ1v) is 9.71. The Morgan fingerprint density at radius 2 is 2.00 bits per heavy atom. The fourth-order valence-electron chi connectivity index (χ4n) is 4.29. The molecule has 8 heteroatoms. The van der Waals surface area contributed by atoms with Gasteiger partial charge in [0.25, 0.3) is 0 Å². The molecule has 0 unspecified atom stereocenters. The van der Waals surface area contributed by atoms with Crippen LogP contribution < -0.4 is 5.56 Å². The molecule has 4 aromatic rings. The predicted octanol–water partition coefficient (Wildman–Crippen LogP) is 3.96. The van der Waals surface area contributed by atoms with Gasteiger partial charge in [-0.15, -0.1) is 0 Å². The molecular formula is C21H19F2N5O. The van der Waals surface area contributed by atoms with Gasteiger partial charge in [0.1, 0.15) is 5.82 Å². The van der Waals surface area contributed by atoms with Crippen molar-refractivity contribution in [2.24, 2.45) is 0 Å². The van der Waals surface area contributed by atoms with Gasteiger partial charge in [-0.1, -0.05) is 12.8 Å². The van der Waals surface area contributed by atoms with Crippen LogP contribution in [0.4, 0.5) is 8.78 Å². The number of hydrogen-bond donors (Lipinski definition) is 1. The number of pyridine rings is 1. The van der Waals surface area contributed by atoms with Gasteiger partial charge in [0.15, 0.2) is 22.9 Å². The summed E-state index contributed by atoms with van der Waals surface area (Å²) in [6.45, 7) is 2.15. The molecular weight excluding hydrogens is 376 g/mol. The molecule has 0 aliphatic heterocycles. The van der Waals surface area contributed by atoms with Gasteiger partial charge in [-0.3, -0.25) is 4.79 Å². The maximum absolute atomic E-state index is 14.3. The second-order valence-corrected chi connectivity index (χ2v) is 7.64. The summed E-state index contributed by atoms with van der Waals surface area (Å²) in [4.78, 5) is 28.3. The molecule has 0 spiro atoms. The zero-order chi connectivity index (χ0) is 20.1. The molecule has 148 valence electrons. The summed E-state index contributed by atoms with van der Waals surface area (Å²) >= 11 is 0. The van der Waals surface area contributed by atoms with Crippen molar-refractivity contribution in [1.29, 1.82) is 0 Å². The summed E-state index contributed by atoms with van der Waals surface area (Å²) < 4.78 is 29.9. The number of fused-ring (bicyclic) bond motifs is 2. The smallest absolute Gasteiger partial charge is 0.248 e. The summed E-state index contributed by atoms with van der Waals surface area (Å²) in [6, 6.07) is 3.99. The normalized spacial score (nSPS) is 15.0. The summed E-state index contributed by atoms with van der Waals surface area (Å²) in [5.74, 6) is -0.859. The molecule has 0 radical (unpaired) electrons. The minimum Gasteiger partial charge on any atom is -0.319 e. The highest BCUT2D eigenvalue weighted by Crippen LogP contribution is 2.35. The quantitative estimate of drug-likeness (QED) is 0.570. The Hall–Kier alpha value is -3.16. The predicted molar refractivity (Wildman–Crippen MR) is 105 cm³/mol. The van der Waals surface area contributed by atoms with Crippen LogP contribution in [0.1, 0.15) is 48.7 Å². The Morgan fingerprint density at radius 1 is 1.21 bits per heavy atom. The lowest BCUT2D eigenvalue weighted by molar-refractivity contribution is 0.515. The minimum absolute atomic E-state index is 0.124. The lowest BCUT2D eigenvalue weighted by Gasteiger charge is -2.14. The first-order chi connectivity index (χ1) is 14.0. The topological polar surface area (TPSA) is 76.5 Å². The van der Waals surface area contributed by atoms with Crippen LogP contribution in [-0.2, 0) is 6.54 Å². The number of H-pyrrole nitrogens is 1. The molecule has 6 nitrogen and oxygen atoms in total. The molecule has 1 aromatic carbocycles. The molecule has 5 rings (SSSR count). The van der Waals surface area contributed by atoms with E-state index >= 15 is 0 Å². The van der Waals surface area contributed by atoms with Gasteiger partial charge in [-0.05, 0) is 37.5 Å². The van der Waals surface area contributed by atoms with Crippen LogP contribution in [-0.4, -0.2) is 24.5 Å². The maximum atomic E-state index is 14.3. The fraction of sp³-hybridized carbons (Fsp3) is 0.333. The molecule has 0 saturated heterocycles. The number of nitrogens with one attached hydrogen (secondary N) is 1. The first-order valence-electron chi connectivity index (χ1n) is 9.71. The zero-order valence-corrected chi connectivity index (χ0v) is 15.9. The summed E-state index contributed by atoms with van der Waals surface area (Å²) in [5.41, 5.74) is 1.96. The molecule has 3 aromatic heterocycles. The average Bonchev–Trinajstić information content (AvgIpc) is 3.33. The SMILES string of the molecule is Cc1cnc2c(n1)nc(C1CCCC1)n2Cc1cc(=O)[nH]c2c(F)c(F)ccc12. The largest absolute Gasteiger partial charge is 0.319 e. The molecule has 1 aliphatic rings. The van der Waals surface area contributed by atoms with Gasteiger partial charge in [-0.2, -0.15) is 0 Å². The third kappa shape index (κ3) is 2.99. The van der Waals surface area contributed by atoms with Crippen molar-refractivity contribution in [2.45, 2.75) is 45.1 Å². The first kappa shape index (κ1) is 17.9. The Balaban J connectivity index is 1.72. The van der Waals surface area contributed by atoms with E-state index in [1.807, 2.05) is 11.5 Å². The number of imidazole rings is 1. The highest BCUT2D eigenvalue weighted by Gasteiger charge is 2.25. The van der Waals surface area contributed by atoms with E-state index in [0.717, 1.165) is 43.3 Å². The molecule has 0 amide bonds. The van der Waals surface area contributed by atoms with Gasteiger partial charge < -0.3 is 9.55 Å². The van der Waals surface area contributed by atoms with E-state index in [1.165, 1.54) is 12.1 Å². The second kappa shape index (κ2) is 6.72. The van der Waals surface area contributed by atoms with Crippen LogP contribution in [0.15, 0.2) is 29.2 Å². The highest BCUT2D eigenvalue weighted by atomic mass is 19.2. The number of nitrogens with zero attached hydrogens (tertiary/aromatic N) is 4. The van der Waals surface area contributed by atoms with E-state index in [1.54, 1.807) is 6.20 Å². The van der Waals surface area contributed by atoms with Crippen LogP contribution in [0.2, 0.25) is 0 Å². The number of rotatable bonds is 3. The van der Waals surface area contributed by atoms with Gasteiger partial charge in [0, 0.05) is 17.4 Å². The van der Waals surface area contributed by atoms with Crippen LogP contribution in [0, 0.1) is 18.6 Å². The molecule has 1 saturated carbocycles. The number of hydrogen-bond acceptors (Lipinski definition) is 4. The average molecular weight is 395 g/mol. The van der Waals surface area contributed by atoms with Crippen molar-refractivity contribution in [1.82, 2.24) is 24.5 Å². The summed E-state index contributed by atoms with van der Waals surface area (Å²) in [5, 5.41) is 0.461. The van der Waals surface area contributed by atoms with Gasteiger partial charge in [0.2, 0.25) is 5.56 Å². The van der Waals surface area contributed by atoms with Crippen LogP contribution in [0.3, 0.4) is 0 Å². The number of halogens is 2. The van der Waals surface area contributed by atoms with E-state index in [0.29, 0.717) is 28.2 Å². The molecule has 3 heterocycles. The number of aryl methyl sites for hydroxylation is 1. The Labute approximate surface area is 164 Å². The number of benzene rings is 1. The lowest BCUT2D eigenvalue weighted by atomic mass is 10.1. The molecule has 1 aliphatic carbocycles. The van der Waals surface area contributed by atoms with E-state index in [2.05, 4.69) is 15.0 Å². The Morgan fingerprint density at radius 3 is 2.79 bits per heavy atom. The van der Waals surface area contributed by atoms with Gasteiger partial charge in [-0.25, -0.2) is 23.7 Å². The van der Waals surface area contributed by atoms with Crippen molar-refractivity contribution >= 4 is 22.2 Å². The maximum Gasteiger partial charge on any atom is 0.248 e. The molecule has 29 heavy (non-hydrogen) atoms. The van der Waals surface area contributed by atoms with Crippen molar-refractivity contribution in [3.05, 3.63) is 63.5 Å². The Kier molecular flexibility index (Phi) is 4.15. The number of aromatic nitrogens is 5. The lowest BCUT2D eigenvalue weighted by Crippen LogP contribution is -2.13. The molecule has 1 N–H and O–H groups in total. The highest BCUT2D eigenvalue weighted by molar-refractivity contribution is 5.82. The van der Waals surface area contributed by atoms with E-state index in [4.69, 9.17) is 4.98 Å². The summed E-state index contributed by atoms with van der Waals surface area (Å²) in [7, 11) is 0. The third-order valence-electron chi connectivity index (χ3n) is 5.65. The molecule has 1 fully saturated rings. The summed E-state index contributed by atoms with van der Waals surface area (Å²) in [6.07, 6.45) is 6.05. The second-order valence-electron chi connectivity index (χ2n) is 7.64. The minimum atomic E-state index is -1.05. The number of aromatic amines is 1. The third-order valence-corrected chi connectivity index (χ3v) is 5.65. The van der Waals surface area contributed by atoms with Gasteiger partial charge in [0.05, 0.1) is 24.0 Å². The van der Waals surface area contributed by atoms with E-state index in [9.17, 15) is 13.6 Å². The van der Waals surface area contributed by atoms with Crippen molar-refractivity contribution in [3.63, 3.8) is 0 Å². The van der Waals surface area contributed by atoms with Crippen LogP contribution in [0.25, 0.3) is 22.2 Å². The van der Waals surface area contributed by atoms with Crippen molar-refractivity contribution < 1.29 is 8.78 Å². The van der Waals surface area contributed by atoms with E-state index in [-0.39, 0.29) is 12.1 Å². The zero-order valence-electron chi connectivity index (χ0n) is 15.9. The van der Waals surface area contributed by atoms with Crippen molar-refractivity contribution in [3.8, 4) is 0 Å². The standard InChI is InChI=1S/C21H19F2N5O/c1-11-9-24-21-19(25-11)27-20(12-4-2-3-5-12)28(21)10-13-8-16(29)26-18-14(13)6-7-15(22)17(18)23/h6-9,12H,2-5,10H2,1H3,(H,26,29). The molecule has 0 atom stereocenters. The van der Waals surface area contributed by atoms with E-state index < -0.39 is 17.2 Å². The van der Waals surface area contributed by atoms with Gasteiger partial charge >= 0.3 is 0 Å². The fourth-order valence-corrected chi connectivity index (χ4v) is 4.29. The van der Waals surface area contributed by atoms with Crippen LogP contribution >= 0.6 is 0 Å². The Bertz CT molecular complexity index is 1300. The monoisotopic (exact) mass is 395 g/mol. The van der Waals surface area contributed by atoms with Crippen molar-refractivity contribution in [2.75, 3.05) is 0 Å².